The van der Waals surface area contributed by atoms with E-state index in [9.17, 15) is 17.6 Å². The molecule has 0 heterocycles. The molecule has 3 aromatic rings. The summed E-state index contributed by atoms with van der Waals surface area (Å²) in [6.07, 6.45) is 0.107. The zero-order valence-corrected chi connectivity index (χ0v) is 19.0. The van der Waals surface area contributed by atoms with Crippen LogP contribution < -0.4 is 14.8 Å². The van der Waals surface area contributed by atoms with Crippen LogP contribution in [0.4, 0.5) is 10.1 Å². The Balaban J connectivity index is 1.88. The lowest BCUT2D eigenvalue weighted by Gasteiger charge is -2.19. The van der Waals surface area contributed by atoms with E-state index in [1.807, 2.05) is 6.07 Å². The van der Waals surface area contributed by atoms with Crippen LogP contribution in [0.3, 0.4) is 0 Å². The number of aryl methyl sites for hydroxylation is 1. The Morgan fingerprint density at radius 3 is 2.44 bits per heavy atom. The van der Waals surface area contributed by atoms with Crippen molar-refractivity contribution in [3.05, 3.63) is 88.7 Å². The van der Waals surface area contributed by atoms with Gasteiger partial charge in [0.1, 0.15) is 17.6 Å². The van der Waals surface area contributed by atoms with Gasteiger partial charge >= 0.3 is 0 Å². The highest BCUT2D eigenvalue weighted by atomic mass is 35.5. The number of nitrogens with one attached hydrogen (secondary N) is 2. The fourth-order valence-electron chi connectivity index (χ4n) is 3.11. The van der Waals surface area contributed by atoms with Crippen molar-refractivity contribution in [2.45, 2.75) is 24.3 Å². The van der Waals surface area contributed by atoms with Gasteiger partial charge in [-0.15, -0.1) is 0 Å². The summed E-state index contributed by atoms with van der Waals surface area (Å²) in [5.41, 5.74) is 1.65. The molecule has 3 rings (SSSR count). The number of rotatable bonds is 8. The molecule has 168 valence electrons. The number of anilines is 1. The number of methoxy groups -OCH3 is 1. The molecule has 3 aromatic carbocycles. The second kappa shape index (κ2) is 10.1. The van der Waals surface area contributed by atoms with Crippen molar-refractivity contribution in [2.24, 2.45) is 0 Å². The van der Waals surface area contributed by atoms with Crippen LogP contribution >= 0.6 is 11.6 Å². The van der Waals surface area contributed by atoms with E-state index in [4.69, 9.17) is 16.3 Å². The van der Waals surface area contributed by atoms with Crippen LogP contribution in [0.1, 0.15) is 11.1 Å². The lowest BCUT2D eigenvalue weighted by atomic mass is 10.1. The van der Waals surface area contributed by atoms with Crippen LogP contribution in [0.25, 0.3) is 0 Å². The lowest BCUT2D eigenvalue weighted by molar-refractivity contribution is -0.117. The lowest BCUT2D eigenvalue weighted by Crippen LogP contribution is -2.45. The number of hydrogen-bond acceptors (Lipinski definition) is 4. The second-order valence-corrected chi connectivity index (χ2v) is 9.23. The summed E-state index contributed by atoms with van der Waals surface area (Å²) >= 11 is 5.78. The Morgan fingerprint density at radius 2 is 1.81 bits per heavy atom. The molecule has 0 aliphatic carbocycles. The number of benzene rings is 3. The van der Waals surface area contributed by atoms with Crippen molar-refractivity contribution in [2.75, 3.05) is 12.4 Å². The quantitative estimate of drug-likeness (QED) is 0.507. The molecular formula is C23H22ClFN2O4S. The fraction of sp³-hybridized carbons (Fsp3) is 0.174. The first-order valence-electron chi connectivity index (χ1n) is 9.66. The summed E-state index contributed by atoms with van der Waals surface area (Å²) in [6.45, 7) is 1.73. The van der Waals surface area contributed by atoms with Gasteiger partial charge in [-0.25, -0.2) is 12.8 Å². The molecule has 1 atom stereocenters. The van der Waals surface area contributed by atoms with E-state index in [0.29, 0.717) is 11.3 Å². The molecule has 0 fully saturated rings. The first-order chi connectivity index (χ1) is 15.2. The number of hydrogen-bond donors (Lipinski definition) is 2. The van der Waals surface area contributed by atoms with Crippen molar-refractivity contribution in [3.63, 3.8) is 0 Å². The first-order valence-corrected chi connectivity index (χ1v) is 11.5. The monoisotopic (exact) mass is 476 g/mol. The van der Waals surface area contributed by atoms with Gasteiger partial charge in [0.2, 0.25) is 15.9 Å². The Kier molecular flexibility index (Phi) is 7.50. The average molecular weight is 477 g/mol. The van der Waals surface area contributed by atoms with E-state index >= 15 is 0 Å². The van der Waals surface area contributed by atoms with Crippen LogP contribution in [0.2, 0.25) is 5.02 Å². The van der Waals surface area contributed by atoms with Crippen LogP contribution in [0.5, 0.6) is 5.75 Å². The molecule has 6 nitrogen and oxygen atoms in total. The minimum atomic E-state index is -4.03. The van der Waals surface area contributed by atoms with Crippen LogP contribution in [0, 0.1) is 12.7 Å². The van der Waals surface area contributed by atoms with E-state index < -0.39 is 27.8 Å². The highest BCUT2D eigenvalue weighted by molar-refractivity contribution is 7.89. The number of ether oxygens (including phenoxy) is 1. The van der Waals surface area contributed by atoms with Crippen LogP contribution in [-0.4, -0.2) is 27.5 Å². The van der Waals surface area contributed by atoms with Gasteiger partial charge in [0.15, 0.2) is 0 Å². The molecule has 0 radical (unpaired) electrons. The molecule has 1 unspecified atom stereocenters. The summed E-state index contributed by atoms with van der Waals surface area (Å²) in [5, 5.41) is 2.44. The largest absolute Gasteiger partial charge is 0.496 e. The third kappa shape index (κ3) is 5.85. The van der Waals surface area contributed by atoms with Crippen LogP contribution in [-0.2, 0) is 21.2 Å². The minimum Gasteiger partial charge on any atom is -0.496 e. The maximum Gasteiger partial charge on any atom is 0.242 e. The number of halogens is 2. The Morgan fingerprint density at radius 1 is 1.09 bits per heavy atom. The van der Waals surface area contributed by atoms with E-state index in [1.165, 1.54) is 31.4 Å². The topological polar surface area (TPSA) is 84.5 Å². The summed E-state index contributed by atoms with van der Waals surface area (Å²) in [4.78, 5) is 13.0. The zero-order valence-electron chi connectivity index (χ0n) is 17.4. The molecule has 32 heavy (non-hydrogen) atoms. The van der Waals surface area contributed by atoms with Gasteiger partial charge in [-0.2, -0.15) is 4.72 Å². The highest BCUT2D eigenvalue weighted by Crippen LogP contribution is 2.23. The smallest absolute Gasteiger partial charge is 0.242 e. The van der Waals surface area contributed by atoms with E-state index in [1.54, 1.807) is 37.3 Å². The van der Waals surface area contributed by atoms with E-state index in [2.05, 4.69) is 10.0 Å². The third-order valence-electron chi connectivity index (χ3n) is 4.76. The molecule has 0 saturated carbocycles. The summed E-state index contributed by atoms with van der Waals surface area (Å²) in [7, 11) is -2.53. The average Bonchev–Trinajstić information content (AvgIpc) is 2.76. The third-order valence-corrected chi connectivity index (χ3v) is 6.52. The summed E-state index contributed by atoms with van der Waals surface area (Å²) in [5.74, 6) is -0.679. The SMILES string of the molecule is COc1ccc(S(=O)(=O)NC(Cc2ccccc2)C(=O)Nc2ccc(F)c(Cl)c2)cc1C. The van der Waals surface area contributed by atoms with Crippen molar-refractivity contribution in [1.82, 2.24) is 4.72 Å². The minimum absolute atomic E-state index is 0.00601. The molecule has 0 spiro atoms. The van der Waals surface area contributed by atoms with Gasteiger partial charge in [-0.3, -0.25) is 4.79 Å². The van der Waals surface area contributed by atoms with E-state index in [0.717, 1.165) is 11.6 Å². The van der Waals surface area contributed by atoms with Gasteiger partial charge in [-0.1, -0.05) is 41.9 Å². The van der Waals surface area contributed by atoms with Gasteiger partial charge < -0.3 is 10.1 Å². The molecule has 1 amide bonds. The predicted octanol–water partition coefficient (Wildman–Crippen LogP) is 4.32. The predicted molar refractivity (Wildman–Crippen MR) is 122 cm³/mol. The molecule has 0 bridgehead atoms. The van der Waals surface area contributed by atoms with Gasteiger partial charge in [0, 0.05) is 5.69 Å². The number of amides is 1. The Labute approximate surface area is 191 Å². The van der Waals surface area contributed by atoms with Crippen LogP contribution in [0.15, 0.2) is 71.6 Å². The highest BCUT2D eigenvalue weighted by Gasteiger charge is 2.27. The first kappa shape index (κ1) is 23.7. The maximum absolute atomic E-state index is 13.4. The molecule has 0 aromatic heterocycles. The molecule has 0 saturated heterocycles. The summed E-state index contributed by atoms with van der Waals surface area (Å²) in [6, 6.07) is 16.0. The van der Waals surface area contributed by atoms with Crippen molar-refractivity contribution < 1.29 is 22.3 Å². The van der Waals surface area contributed by atoms with Gasteiger partial charge in [0.05, 0.1) is 17.0 Å². The fourth-order valence-corrected chi connectivity index (χ4v) is 4.58. The molecule has 9 heteroatoms. The zero-order chi connectivity index (χ0) is 23.3. The van der Waals surface area contributed by atoms with Crippen molar-refractivity contribution >= 4 is 33.2 Å². The Hall–Kier alpha value is -2.94. The maximum atomic E-state index is 13.4. The molecular weight excluding hydrogens is 455 g/mol. The Bertz CT molecular complexity index is 1220. The molecule has 2 N–H and O–H groups in total. The number of carbonyl (C=O) groups excluding carboxylic acids is 1. The number of carbonyl (C=O) groups is 1. The van der Waals surface area contributed by atoms with Crippen molar-refractivity contribution in [3.8, 4) is 5.75 Å². The van der Waals surface area contributed by atoms with Gasteiger partial charge in [0.25, 0.3) is 0 Å². The molecule has 0 aliphatic rings. The standard InChI is InChI=1S/C23H22ClFN2O4S/c1-15-12-18(9-11-22(15)31-2)32(29,30)27-21(13-16-6-4-3-5-7-16)23(28)26-17-8-10-20(25)19(24)14-17/h3-12,14,21,27H,13H2,1-2H3,(H,26,28). The summed E-state index contributed by atoms with van der Waals surface area (Å²) < 4.78 is 47.2. The van der Waals surface area contributed by atoms with Gasteiger partial charge in [-0.05, 0) is 60.9 Å². The normalized spacial score (nSPS) is 12.2. The van der Waals surface area contributed by atoms with Crippen molar-refractivity contribution in [1.29, 1.82) is 0 Å². The van der Waals surface area contributed by atoms with E-state index in [-0.39, 0.29) is 22.0 Å². The number of sulfonamides is 1. The molecule has 0 aliphatic heterocycles. The second-order valence-electron chi connectivity index (χ2n) is 7.11.